The fourth-order valence-electron chi connectivity index (χ4n) is 3.14. The smallest absolute Gasteiger partial charge is 0.343 e. The molecule has 0 bridgehead atoms. The number of ether oxygens (including phenoxy) is 1. The van der Waals surface area contributed by atoms with Crippen molar-refractivity contribution in [1.29, 1.82) is 0 Å². The molecule has 0 aromatic heterocycles. The molecule has 3 nitrogen and oxygen atoms in total. The first-order valence-corrected chi connectivity index (χ1v) is 10.3. The van der Waals surface area contributed by atoms with E-state index in [2.05, 4.69) is 12.5 Å². The molecule has 22 heavy (non-hydrogen) atoms. The van der Waals surface area contributed by atoms with Gasteiger partial charge in [-0.2, -0.15) is 0 Å². The molecular formula is C18H27O3S+. The maximum atomic E-state index is 12.7. The second-order valence-electron chi connectivity index (χ2n) is 6.29. The highest BCUT2D eigenvalue weighted by Gasteiger charge is 2.47. The van der Waals surface area contributed by atoms with Gasteiger partial charge in [0.2, 0.25) is 0 Å². The lowest BCUT2D eigenvalue weighted by atomic mass is 9.73. The Balaban J connectivity index is 2.19. The van der Waals surface area contributed by atoms with Crippen LogP contribution < -0.4 is 0 Å². The van der Waals surface area contributed by atoms with Gasteiger partial charge in [-0.3, -0.25) is 0 Å². The lowest BCUT2D eigenvalue weighted by Gasteiger charge is -2.36. The average molecular weight is 323 g/mol. The normalized spacial score (nSPS) is 18.9. The van der Waals surface area contributed by atoms with Crippen molar-refractivity contribution in [2.75, 3.05) is 24.9 Å². The van der Waals surface area contributed by atoms with Gasteiger partial charge in [-0.05, 0) is 29.3 Å². The predicted octanol–water partition coefficient (Wildman–Crippen LogP) is 2.88. The minimum Gasteiger partial charge on any atom is -0.458 e. The molecule has 2 rings (SSSR count). The summed E-state index contributed by atoms with van der Waals surface area (Å²) in [5, 5.41) is 11.3. The van der Waals surface area contributed by atoms with Gasteiger partial charge in [-0.25, -0.2) is 4.79 Å². The van der Waals surface area contributed by atoms with Gasteiger partial charge in [-0.1, -0.05) is 49.6 Å². The molecule has 4 heteroatoms. The Morgan fingerprint density at radius 2 is 1.86 bits per heavy atom. The summed E-state index contributed by atoms with van der Waals surface area (Å²) >= 11 is 0. The summed E-state index contributed by atoms with van der Waals surface area (Å²) in [7, 11) is 0.233. The number of carbonyl (C=O) groups is 1. The zero-order valence-corrected chi connectivity index (χ0v) is 14.4. The first-order valence-electron chi connectivity index (χ1n) is 8.04. The van der Waals surface area contributed by atoms with Crippen LogP contribution in [0.25, 0.3) is 0 Å². The Bertz CT molecular complexity index is 468. The molecule has 0 unspecified atom stereocenters. The Labute approximate surface area is 136 Å². The van der Waals surface area contributed by atoms with Gasteiger partial charge < -0.3 is 9.84 Å². The molecule has 1 saturated carbocycles. The average Bonchev–Trinajstić information content (AvgIpc) is 2.55. The molecular weight excluding hydrogens is 296 g/mol. The molecule has 1 fully saturated rings. The molecule has 1 aromatic carbocycles. The van der Waals surface area contributed by atoms with Crippen molar-refractivity contribution < 1.29 is 14.6 Å². The fourth-order valence-corrected chi connectivity index (χ4v) is 3.56. The summed E-state index contributed by atoms with van der Waals surface area (Å²) in [6, 6.07) is 9.30. The topological polar surface area (TPSA) is 46.5 Å². The van der Waals surface area contributed by atoms with Gasteiger partial charge in [-0.15, -0.1) is 0 Å². The van der Waals surface area contributed by atoms with E-state index in [-0.39, 0.29) is 16.8 Å². The van der Waals surface area contributed by atoms with Crippen molar-refractivity contribution in [3.63, 3.8) is 0 Å². The molecule has 122 valence electrons. The van der Waals surface area contributed by atoms with Gasteiger partial charge in [0.25, 0.3) is 0 Å². The van der Waals surface area contributed by atoms with Crippen LogP contribution >= 0.6 is 0 Å². The molecule has 1 N–H and O–H groups in total. The maximum Gasteiger partial charge on any atom is 0.343 e. The Hall–Kier alpha value is -1.00. The minimum absolute atomic E-state index is 0.0438. The van der Waals surface area contributed by atoms with E-state index in [1.807, 2.05) is 30.3 Å². The monoisotopic (exact) mass is 323 g/mol. The second kappa shape index (κ2) is 8.02. The largest absolute Gasteiger partial charge is 0.458 e. The van der Waals surface area contributed by atoms with Gasteiger partial charge in [0.1, 0.15) is 12.4 Å². The van der Waals surface area contributed by atoms with E-state index in [0.717, 1.165) is 31.4 Å². The summed E-state index contributed by atoms with van der Waals surface area (Å²) in [4.78, 5) is 12.7. The first-order chi connectivity index (χ1) is 10.5. The van der Waals surface area contributed by atoms with E-state index in [9.17, 15) is 9.90 Å². The summed E-state index contributed by atoms with van der Waals surface area (Å²) < 4.78 is 5.44. The van der Waals surface area contributed by atoms with E-state index in [0.29, 0.717) is 12.2 Å². The quantitative estimate of drug-likeness (QED) is 0.647. The minimum atomic E-state index is -1.50. The summed E-state index contributed by atoms with van der Waals surface area (Å²) in [5.41, 5.74) is -0.833. The highest BCUT2D eigenvalue weighted by atomic mass is 32.2. The SMILES string of the molecule is C[S+](C)CCOC(=O)[C@](O)(c1ccccc1)C1CCCCC1. The van der Waals surface area contributed by atoms with Crippen molar-refractivity contribution in [3.8, 4) is 0 Å². The zero-order chi connectivity index (χ0) is 16.0. The van der Waals surface area contributed by atoms with Crippen LogP contribution in [0.3, 0.4) is 0 Å². The number of aliphatic hydroxyl groups is 1. The summed E-state index contributed by atoms with van der Waals surface area (Å²) in [6.45, 7) is 0.386. The third-order valence-electron chi connectivity index (χ3n) is 4.45. The van der Waals surface area contributed by atoms with E-state index in [1.54, 1.807) is 0 Å². The van der Waals surface area contributed by atoms with E-state index >= 15 is 0 Å². The first kappa shape index (κ1) is 17.4. The molecule has 1 aliphatic rings. The van der Waals surface area contributed by atoms with E-state index in [1.165, 1.54) is 6.42 Å². The number of hydrogen-bond donors (Lipinski definition) is 1. The Kier molecular flexibility index (Phi) is 6.33. The standard InChI is InChI=1S/C18H27O3S/c1-22(2)14-13-21-17(19)18(20,15-9-5-3-6-10-15)16-11-7-4-8-12-16/h3,5-6,9-10,16,20H,4,7-8,11-14H2,1-2H3/q+1/t18-/m0/s1. The third kappa shape index (κ3) is 4.05. The van der Waals surface area contributed by atoms with Crippen molar-refractivity contribution in [2.24, 2.45) is 5.92 Å². The third-order valence-corrected chi connectivity index (χ3v) is 5.43. The van der Waals surface area contributed by atoms with Crippen LogP contribution in [-0.2, 0) is 26.0 Å². The molecule has 0 aliphatic heterocycles. The molecule has 0 radical (unpaired) electrons. The Morgan fingerprint density at radius 1 is 1.23 bits per heavy atom. The molecule has 0 saturated heterocycles. The highest BCUT2D eigenvalue weighted by molar-refractivity contribution is 7.95. The number of benzene rings is 1. The van der Waals surface area contributed by atoms with Crippen molar-refractivity contribution in [1.82, 2.24) is 0 Å². The van der Waals surface area contributed by atoms with Gasteiger partial charge in [0.15, 0.2) is 5.60 Å². The fraction of sp³-hybridized carbons (Fsp3) is 0.611. The van der Waals surface area contributed by atoms with E-state index < -0.39 is 11.6 Å². The number of carbonyl (C=O) groups excluding carboxylic acids is 1. The predicted molar refractivity (Wildman–Crippen MR) is 92.0 cm³/mol. The van der Waals surface area contributed by atoms with Crippen LogP contribution in [0.2, 0.25) is 0 Å². The molecule has 0 heterocycles. The lowest BCUT2D eigenvalue weighted by Crippen LogP contribution is -2.45. The van der Waals surface area contributed by atoms with Gasteiger partial charge in [0, 0.05) is 5.92 Å². The zero-order valence-electron chi connectivity index (χ0n) is 13.6. The van der Waals surface area contributed by atoms with Gasteiger partial charge >= 0.3 is 5.97 Å². The van der Waals surface area contributed by atoms with Gasteiger partial charge in [0.05, 0.1) is 12.5 Å². The molecule has 1 aromatic rings. The molecule has 0 amide bonds. The Morgan fingerprint density at radius 3 is 2.45 bits per heavy atom. The maximum absolute atomic E-state index is 12.7. The van der Waals surface area contributed by atoms with Crippen molar-refractivity contribution in [3.05, 3.63) is 35.9 Å². The second-order valence-corrected chi connectivity index (χ2v) is 8.67. The van der Waals surface area contributed by atoms with Crippen molar-refractivity contribution >= 4 is 16.9 Å². The molecule has 1 aliphatic carbocycles. The highest BCUT2D eigenvalue weighted by Crippen LogP contribution is 2.40. The van der Waals surface area contributed by atoms with E-state index in [4.69, 9.17) is 4.74 Å². The van der Waals surface area contributed by atoms with Crippen LogP contribution in [0, 0.1) is 5.92 Å². The van der Waals surface area contributed by atoms with Crippen LogP contribution in [0.4, 0.5) is 0 Å². The summed E-state index contributed by atoms with van der Waals surface area (Å²) in [6.07, 6.45) is 9.33. The number of esters is 1. The van der Waals surface area contributed by atoms with Crippen LogP contribution in [-0.4, -0.2) is 35.9 Å². The molecule has 1 atom stereocenters. The van der Waals surface area contributed by atoms with Crippen LogP contribution in [0.15, 0.2) is 30.3 Å². The lowest BCUT2D eigenvalue weighted by molar-refractivity contribution is -0.175. The molecule has 0 spiro atoms. The number of hydrogen-bond acceptors (Lipinski definition) is 3. The number of rotatable bonds is 6. The van der Waals surface area contributed by atoms with Crippen LogP contribution in [0.5, 0.6) is 0 Å². The van der Waals surface area contributed by atoms with Crippen LogP contribution in [0.1, 0.15) is 37.7 Å². The summed E-state index contributed by atoms with van der Waals surface area (Å²) in [5.74, 6) is 0.329. The van der Waals surface area contributed by atoms with Crippen molar-refractivity contribution in [2.45, 2.75) is 37.7 Å².